The highest BCUT2D eigenvalue weighted by molar-refractivity contribution is 7.77. The van der Waals surface area contributed by atoms with Crippen molar-refractivity contribution in [2.45, 2.75) is 68.7 Å². The molecule has 0 spiro atoms. The van der Waals surface area contributed by atoms with Crippen LogP contribution in [0.1, 0.15) is 56.6 Å². The fourth-order valence-corrected chi connectivity index (χ4v) is 8.32. The summed E-state index contributed by atoms with van der Waals surface area (Å²) in [6.07, 6.45) is 4.36. The molecule has 1 amide bonds. The Labute approximate surface area is 200 Å². The Morgan fingerprint density at radius 3 is 2.53 bits per heavy atom. The van der Waals surface area contributed by atoms with Crippen LogP contribution in [0.3, 0.4) is 0 Å². The number of carbonyl (C=O) groups excluding carboxylic acids is 1. The molecular weight excluding hydrogens is 462 g/mol. The molecule has 4 aliphatic carbocycles. The maximum Gasteiger partial charge on any atom is 0.237 e. The van der Waals surface area contributed by atoms with Gasteiger partial charge in [0.05, 0.1) is 25.2 Å². The minimum Gasteiger partial charge on any atom is -0.323 e. The summed E-state index contributed by atoms with van der Waals surface area (Å²) in [6, 6.07) is 6.97. The maximum absolute atomic E-state index is 13.8. The second-order valence-corrected chi connectivity index (χ2v) is 11.6. The van der Waals surface area contributed by atoms with Crippen LogP contribution in [0.15, 0.2) is 24.3 Å². The molecule has 0 radical (unpaired) electrons. The molecule has 1 aromatic carbocycles. The number of hydrogen-bond acceptors (Lipinski definition) is 4. The van der Waals surface area contributed by atoms with Gasteiger partial charge in [-0.15, -0.1) is 0 Å². The van der Waals surface area contributed by atoms with Crippen LogP contribution in [0.25, 0.3) is 0 Å². The van der Waals surface area contributed by atoms with Crippen LogP contribution in [0, 0.1) is 34.4 Å². The van der Waals surface area contributed by atoms with Gasteiger partial charge in [-0.25, -0.2) is 17.7 Å². The van der Waals surface area contributed by atoms with Gasteiger partial charge in [-0.1, -0.05) is 12.1 Å². The molecule has 34 heavy (non-hydrogen) atoms. The normalized spacial score (nSPS) is 38.0. The van der Waals surface area contributed by atoms with Crippen LogP contribution in [0.5, 0.6) is 0 Å². The van der Waals surface area contributed by atoms with Crippen molar-refractivity contribution in [1.82, 2.24) is 14.9 Å². The first-order valence-corrected chi connectivity index (χ1v) is 13.0. The fourth-order valence-electron chi connectivity index (χ4n) is 7.73. The highest BCUT2D eigenvalue weighted by Crippen LogP contribution is 2.65. The number of carbonyl (C=O) groups is 1. The van der Waals surface area contributed by atoms with Crippen molar-refractivity contribution in [1.29, 1.82) is 5.26 Å². The molecule has 0 aromatic heterocycles. The zero-order chi connectivity index (χ0) is 24.1. The Balaban J connectivity index is 1.38. The standard InChI is InChI=1S/C24H30F2N4O3S/c25-18-3-1-17(2-4-18)22(29-34(32)33)23-7-15-5-16(8-23)10-24(9-15,14-23)28-12-21(31)30-13-19(26)6-20(30)11-27/h1-4,15-16,19-20,22,28-29H,5-10,12-14H2,(H,32,33). The van der Waals surface area contributed by atoms with E-state index in [-0.39, 0.29) is 42.2 Å². The Morgan fingerprint density at radius 1 is 1.24 bits per heavy atom. The molecule has 1 aliphatic heterocycles. The monoisotopic (exact) mass is 492 g/mol. The van der Waals surface area contributed by atoms with Gasteiger partial charge in [0.15, 0.2) is 0 Å². The number of rotatable bonds is 7. The molecular formula is C24H30F2N4O3S. The summed E-state index contributed by atoms with van der Waals surface area (Å²) in [5, 5.41) is 12.8. The van der Waals surface area contributed by atoms with E-state index in [1.54, 1.807) is 12.1 Å². The van der Waals surface area contributed by atoms with Gasteiger partial charge < -0.3 is 10.2 Å². The molecule has 1 heterocycles. The van der Waals surface area contributed by atoms with Gasteiger partial charge in [-0.3, -0.25) is 9.35 Å². The van der Waals surface area contributed by atoms with Gasteiger partial charge in [0.1, 0.15) is 18.0 Å². The molecule has 1 saturated heterocycles. The van der Waals surface area contributed by atoms with Crippen molar-refractivity contribution in [2.24, 2.45) is 17.3 Å². The Morgan fingerprint density at radius 2 is 1.91 bits per heavy atom. The first-order chi connectivity index (χ1) is 16.2. The largest absolute Gasteiger partial charge is 0.323 e. The number of halogens is 2. The van der Waals surface area contributed by atoms with Gasteiger partial charge in [-0.2, -0.15) is 5.26 Å². The van der Waals surface area contributed by atoms with Gasteiger partial charge in [0, 0.05) is 12.0 Å². The molecule has 7 nitrogen and oxygen atoms in total. The van der Waals surface area contributed by atoms with Crippen LogP contribution >= 0.6 is 0 Å². The molecule has 4 bridgehead atoms. The SMILES string of the molecule is N#CC1CC(F)CN1C(=O)CNC12CC3CC(C1)CC(C(NS(=O)O)c1ccc(F)cc1)(C3)C2. The third-order valence-electron chi connectivity index (χ3n) is 8.47. The van der Waals surface area contributed by atoms with E-state index >= 15 is 0 Å². The van der Waals surface area contributed by atoms with Crippen molar-refractivity contribution >= 4 is 17.2 Å². The van der Waals surface area contributed by atoms with Gasteiger partial charge in [0.2, 0.25) is 17.2 Å². The van der Waals surface area contributed by atoms with Crippen molar-refractivity contribution in [3.8, 4) is 6.07 Å². The highest BCUT2D eigenvalue weighted by Gasteiger charge is 2.60. The van der Waals surface area contributed by atoms with Crippen LogP contribution in [-0.4, -0.2) is 50.4 Å². The summed E-state index contributed by atoms with van der Waals surface area (Å²) in [7, 11) is 0. The van der Waals surface area contributed by atoms with E-state index in [1.165, 1.54) is 17.0 Å². The molecule has 1 aromatic rings. The number of nitrogens with zero attached hydrogens (tertiary/aromatic N) is 2. The maximum atomic E-state index is 13.8. The summed E-state index contributed by atoms with van der Waals surface area (Å²) in [5.74, 6) is 0.230. The van der Waals surface area contributed by atoms with Crippen molar-refractivity contribution in [3.05, 3.63) is 35.6 Å². The van der Waals surface area contributed by atoms with Crippen molar-refractivity contribution < 1.29 is 22.3 Å². The summed E-state index contributed by atoms with van der Waals surface area (Å²) >= 11 is -2.24. The van der Waals surface area contributed by atoms with Gasteiger partial charge in [-0.05, 0) is 73.5 Å². The molecule has 4 saturated carbocycles. The first kappa shape index (κ1) is 23.8. The lowest BCUT2D eigenvalue weighted by atomic mass is 9.44. The summed E-state index contributed by atoms with van der Waals surface area (Å²) < 4.78 is 51.9. The second-order valence-electron chi connectivity index (χ2n) is 10.8. The van der Waals surface area contributed by atoms with Crippen LogP contribution in [-0.2, 0) is 16.1 Å². The van der Waals surface area contributed by atoms with E-state index in [2.05, 4.69) is 10.0 Å². The Bertz CT molecular complexity index is 1000. The minimum atomic E-state index is -2.24. The smallest absolute Gasteiger partial charge is 0.237 e. The number of nitriles is 1. The molecule has 6 atom stereocenters. The van der Waals surface area contributed by atoms with E-state index in [0.717, 1.165) is 44.1 Å². The zero-order valence-corrected chi connectivity index (χ0v) is 19.7. The number of likely N-dealkylation sites (tertiary alicyclic amines) is 1. The molecule has 6 rings (SSSR count). The molecule has 184 valence electrons. The Kier molecular flexibility index (Phi) is 6.25. The zero-order valence-electron chi connectivity index (χ0n) is 18.9. The molecule has 3 N–H and O–H groups in total. The molecule has 5 fully saturated rings. The summed E-state index contributed by atoms with van der Waals surface area (Å²) in [6.45, 7) is 0.000790. The third-order valence-corrected chi connectivity index (χ3v) is 8.91. The number of benzene rings is 1. The first-order valence-electron chi connectivity index (χ1n) is 11.9. The summed E-state index contributed by atoms with van der Waals surface area (Å²) in [4.78, 5) is 14.2. The van der Waals surface area contributed by atoms with Gasteiger partial charge in [0.25, 0.3) is 0 Å². The van der Waals surface area contributed by atoms with Crippen LogP contribution in [0.2, 0.25) is 0 Å². The number of nitrogens with one attached hydrogen (secondary N) is 2. The van der Waals surface area contributed by atoms with E-state index < -0.39 is 29.5 Å². The highest BCUT2D eigenvalue weighted by atomic mass is 32.2. The van der Waals surface area contributed by atoms with Gasteiger partial charge >= 0.3 is 0 Å². The average Bonchev–Trinajstić information content (AvgIpc) is 3.16. The van der Waals surface area contributed by atoms with E-state index in [1.807, 2.05) is 6.07 Å². The lowest BCUT2D eigenvalue weighted by molar-refractivity contribution is -0.133. The lowest BCUT2D eigenvalue weighted by Gasteiger charge is -2.64. The molecule has 10 heteroatoms. The third kappa shape index (κ3) is 4.39. The number of amides is 1. The minimum absolute atomic E-state index is 0.0419. The Hall–Kier alpha value is -1.93. The molecule has 6 unspecified atom stereocenters. The molecule has 5 aliphatic rings. The number of alkyl halides is 1. The quantitative estimate of drug-likeness (QED) is 0.508. The fraction of sp³-hybridized carbons (Fsp3) is 0.667. The van der Waals surface area contributed by atoms with E-state index in [4.69, 9.17) is 0 Å². The van der Waals surface area contributed by atoms with Crippen molar-refractivity contribution in [3.63, 3.8) is 0 Å². The topological polar surface area (TPSA) is 105 Å². The van der Waals surface area contributed by atoms with Crippen molar-refractivity contribution in [2.75, 3.05) is 13.1 Å². The van der Waals surface area contributed by atoms with E-state index in [9.17, 15) is 27.6 Å². The predicted octanol–water partition coefficient (Wildman–Crippen LogP) is 2.98. The van der Waals surface area contributed by atoms with Crippen LogP contribution in [0.4, 0.5) is 8.78 Å². The van der Waals surface area contributed by atoms with E-state index in [0.29, 0.717) is 11.8 Å². The number of hydrogen-bond donors (Lipinski definition) is 3. The summed E-state index contributed by atoms with van der Waals surface area (Å²) in [5.41, 5.74) is 0.177. The average molecular weight is 493 g/mol. The lowest BCUT2D eigenvalue weighted by Crippen LogP contribution is -2.65. The predicted molar refractivity (Wildman–Crippen MR) is 122 cm³/mol. The van der Waals surface area contributed by atoms with Crippen LogP contribution < -0.4 is 10.0 Å². The second kappa shape index (κ2) is 8.94.